The van der Waals surface area contributed by atoms with E-state index in [1.54, 1.807) is 49.8 Å². The quantitative estimate of drug-likeness (QED) is 0.0248. The van der Waals surface area contributed by atoms with Crippen LogP contribution < -0.4 is 26.4 Å². The summed E-state index contributed by atoms with van der Waals surface area (Å²) >= 11 is 1.55. The minimum atomic E-state index is -5.01. The minimum Gasteiger partial charge on any atom is -0.391 e. The molecule has 5 atom stereocenters. The van der Waals surface area contributed by atoms with Crippen molar-refractivity contribution in [3.8, 4) is 21.6 Å². The number of aliphatic hydroxyl groups is 1. The third-order valence-corrected chi connectivity index (χ3v) is 15.4. The summed E-state index contributed by atoms with van der Waals surface area (Å²) in [6.45, 7) is 12.9. The van der Waals surface area contributed by atoms with E-state index < -0.39 is 75.9 Å². The van der Waals surface area contributed by atoms with Crippen LogP contribution in [0.3, 0.4) is 0 Å². The number of aliphatic hydroxyl groups excluding tert-OH is 1. The van der Waals surface area contributed by atoms with Crippen molar-refractivity contribution in [2.75, 3.05) is 76.5 Å². The Morgan fingerprint density at radius 1 is 0.877 bits per heavy atom. The Morgan fingerprint density at radius 2 is 1.54 bits per heavy atom. The Bertz CT molecular complexity index is 3080. The van der Waals surface area contributed by atoms with Gasteiger partial charge < -0.3 is 50.1 Å². The molecule has 436 valence electrons. The molecule has 0 aliphatic carbocycles. The van der Waals surface area contributed by atoms with Gasteiger partial charge in [-0.25, -0.2) is 9.37 Å². The average Bonchev–Trinajstić information content (AvgIpc) is 4.08. The summed E-state index contributed by atoms with van der Waals surface area (Å²) in [6.07, 6.45) is -4.78. The maximum absolute atomic E-state index is 15.6. The van der Waals surface area contributed by atoms with Crippen molar-refractivity contribution in [3.05, 3.63) is 123 Å². The van der Waals surface area contributed by atoms with Gasteiger partial charge in [-0.15, -0.1) is 11.3 Å². The number of aromatic amines is 1. The second-order valence-electron chi connectivity index (χ2n) is 21.5. The molecular weight excluding hydrogens is 1080 g/mol. The van der Waals surface area contributed by atoms with E-state index in [4.69, 9.17) is 14.2 Å². The summed E-state index contributed by atoms with van der Waals surface area (Å²) in [4.78, 5) is 92.3. The van der Waals surface area contributed by atoms with Gasteiger partial charge in [-0.1, -0.05) is 51.1 Å². The molecule has 0 radical (unpaired) electrons. The van der Waals surface area contributed by atoms with E-state index in [2.05, 4.69) is 30.8 Å². The molecule has 0 bridgehead atoms. The van der Waals surface area contributed by atoms with Crippen LogP contribution in [0.2, 0.25) is 0 Å². The average molecular weight is 1150 g/mol. The molecule has 7 rings (SSSR count). The lowest BCUT2D eigenvalue weighted by atomic mass is 9.85. The standard InChI is InChI=1S/C58H70F4N8O10S/c1-34-29-69(30-35(2)68(34)7)47-17-15-39(24-46(47)66-54(75)43-28-63-50(73)26-44(43)58(60,61)62)42-23-40(14-16-45(42)59)49(72)9-8-18-78-19-20-79-21-22-80-32-51(74)67-53(57(4,5)6)56(77)70-31-41(71)25-48(70)55(76)64-27-37-10-12-38(13-11-37)52-36(3)65-33-81-52/h10-17,23-24,26,28,33-35,41,48,53,71H,8-9,18-22,25,27,29-32H2,1-7H3,(H,63,73)(H,64,76)(H,66,75)(H,67,74)/t34-,35+,41-,48+,53-/m1/s1. The van der Waals surface area contributed by atoms with E-state index in [1.165, 1.54) is 23.1 Å². The van der Waals surface area contributed by atoms with Gasteiger partial charge in [-0.3, -0.25) is 33.7 Å². The first-order valence-corrected chi connectivity index (χ1v) is 27.6. The number of Topliss-reactive ketones (excluding diaryl/α,β-unsaturated/α-hetero) is 1. The van der Waals surface area contributed by atoms with E-state index in [-0.39, 0.29) is 106 Å². The summed E-state index contributed by atoms with van der Waals surface area (Å²) in [7, 11) is 1.98. The number of piperazine rings is 1. The summed E-state index contributed by atoms with van der Waals surface area (Å²) in [5.74, 6) is -3.57. The molecule has 2 saturated heterocycles. The molecule has 3 aromatic carbocycles. The van der Waals surface area contributed by atoms with Crippen LogP contribution >= 0.6 is 11.3 Å². The molecule has 0 unspecified atom stereocenters. The van der Waals surface area contributed by atoms with Gasteiger partial charge in [-0.2, -0.15) is 13.2 Å². The topological polar surface area (TPSA) is 225 Å². The van der Waals surface area contributed by atoms with Crippen LogP contribution in [0.4, 0.5) is 28.9 Å². The summed E-state index contributed by atoms with van der Waals surface area (Å²) in [5, 5.41) is 18.8. The number of hydrogen-bond acceptors (Lipinski definition) is 14. The van der Waals surface area contributed by atoms with Crippen LogP contribution in [0, 0.1) is 18.2 Å². The summed E-state index contributed by atoms with van der Waals surface area (Å²) in [6, 6.07) is 14.9. The number of ketones is 1. The number of nitrogens with one attached hydrogen (secondary N) is 4. The summed E-state index contributed by atoms with van der Waals surface area (Å²) < 4.78 is 74.3. The Hall–Kier alpha value is -6.89. The fourth-order valence-electron chi connectivity index (χ4n) is 9.75. The van der Waals surface area contributed by atoms with Gasteiger partial charge in [0.2, 0.25) is 23.3 Å². The van der Waals surface area contributed by atoms with Crippen molar-refractivity contribution in [1.82, 2.24) is 30.4 Å². The molecule has 2 aliphatic rings. The van der Waals surface area contributed by atoms with E-state index in [9.17, 15) is 47.0 Å². The van der Waals surface area contributed by atoms with Crippen LogP contribution in [0.1, 0.15) is 91.4 Å². The number of β-amino-alcohol motifs (C(OH)–C–C–N with tert-alkyl or cyclic N) is 1. The number of H-pyrrole nitrogens is 1. The van der Waals surface area contributed by atoms with Crippen molar-refractivity contribution in [1.29, 1.82) is 0 Å². The van der Waals surface area contributed by atoms with Crippen LogP contribution in [0.25, 0.3) is 21.6 Å². The lowest BCUT2D eigenvalue weighted by Gasteiger charge is -2.44. The number of aromatic nitrogens is 2. The number of carbonyl (C=O) groups is 5. The number of ether oxygens (including phenoxy) is 3. The number of alkyl halides is 3. The van der Waals surface area contributed by atoms with Gasteiger partial charge in [0.1, 0.15) is 24.5 Å². The molecule has 5 N–H and O–H groups in total. The van der Waals surface area contributed by atoms with E-state index in [1.807, 2.05) is 57.0 Å². The predicted octanol–water partition coefficient (Wildman–Crippen LogP) is 7.23. The second kappa shape index (κ2) is 27.3. The Labute approximate surface area is 471 Å². The lowest BCUT2D eigenvalue weighted by molar-refractivity contribution is -0.144. The Morgan fingerprint density at radius 3 is 2.20 bits per heavy atom. The number of rotatable bonds is 23. The maximum atomic E-state index is 15.6. The molecule has 2 aromatic heterocycles. The first-order valence-electron chi connectivity index (χ1n) is 26.7. The zero-order valence-corrected chi connectivity index (χ0v) is 47.2. The highest BCUT2D eigenvalue weighted by molar-refractivity contribution is 7.13. The molecule has 81 heavy (non-hydrogen) atoms. The highest BCUT2D eigenvalue weighted by Crippen LogP contribution is 2.37. The molecule has 0 saturated carbocycles. The van der Waals surface area contributed by atoms with Crippen molar-refractivity contribution < 1.29 is 60.9 Å². The van der Waals surface area contributed by atoms with Crippen molar-refractivity contribution in [3.63, 3.8) is 0 Å². The molecule has 4 heterocycles. The molecule has 4 amide bonds. The highest BCUT2D eigenvalue weighted by Gasteiger charge is 2.45. The molecule has 23 heteroatoms. The van der Waals surface area contributed by atoms with Gasteiger partial charge in [0.15, 0.2) is 5.78 Å². The van der Waals surface area contributed by atoms with Gasteiger partial charge in [0.25, 0.3) is 5.91 Å². The molecule has 2 aliphatic heterocycles. The van der Waals surface area contributed by atoms with Gasteiger partial charge >= 0.3 is 6.18 Å². The fraction of sp³-hybridized carbons (Fsp3) is 0.466. The minimum absolute atomic E-state index is 0.0259. The summed E-state index contributed by atoms with van der Waals surface area (Å²) in [5.41, 5.74) is 1.67. The normalized spacial score (nSPS) is 18.2. The zero-order chi connectivity index (χ0) is 58.8. The molecular formula is C58H70F4N8O10S. The Kier molecular flexibility index (Phi) is 20.8. The van der Waals surface area contributed by atoms with Crippen molar-refractivity contribution in [2.45, 2.75) is 104 Å². The Balaban J connectivity index is 0.837. The van der Waals surface area contributed by atoms with Crippen LogP contribution in [0.15, 0.2) is 83.2 Å². The zero-order valence-electron chi connectivity index (χ0n) is 46.4. The molecule has 5 aromatic rings. The first kappa shape index (κ1) is 61.7. The van der Waals surface area contributed by atoms with Gasteiger partial charge in [0.05, 0.1) is 71.1 Å². The largest absolute Gasteiger partial charge is 0.417 e. The number of anilines is 2. The molecule has 2 fully saturated rings. The van der Waals surface area contributed by atoms with Crippen LogP contribution in [-0.2, 0) is 41.3 Å². The number of likely N-dealkylation sites (N-methyl/N-ethyl adjacent to an activating group) is 1. The van der Waals surface area contributed by atoms with Gasteiger partial charge in [-0.05, 0) is 86.7 Å². The first-order chi connectivity index (χ1) is 38.4. The maximum Gasteiger partial charge on any atom is 0.417 e. The number of nitrogens with zero attached hydrogens (tertiary/aromatic N) is 4. The highest BCUT2D eigenvalue weighted by atomic mass is 32.1. The predicted molar refractivity (Wildman–Crippen MR) is 298 cm³/mol. The lowest BCUT2D eigenvalue weighted by Crippen LogP contribution is -2.58. The van der Waals surface area contributed by atoms with E-state index in [0.29, 0.717) is 37.5 Å². The number of halogens is 4. The second-order valence-corrected chi connectivity index (χ2v) is 22.4. The SMILES string of the molecule is Cc1ncsc1-c1ccc(CNC(=O)[C@@H]2C[C@@H](O)CN2C(=O)[C@@H](NC(=O)COCCOCCOCCCC(=O)c2ccc(F)c(-c3ccc(N4C[C@@H](C)N(C)[C@@H](C)C4)c(NC(=O)c4c[nH]c(=O)cc4C(F)(F)F)c3)c2)C(C)(C)C)cc1. The monoisotopic (exact) mass is 1150 g/mol. The fourth-order valence-corrected chi connectivity index (χ4v) is 10.6. The third kappa shape index (κ3) is 16.2. The van der Waals surface area contributed by atoms with Crippen molar-refractivity contribution in [2.24, 2.45) is 5.41 Å². The van der Waals surface area contributed by atoms with Gasteiger partial charge in [0, 0.05) is 81.1 Å². The number of thiazole rings is 1. The molecule has 0 spiro atoms. The number of pyridine rings is 1. The number of benzene rings is 3. The van der Waals surface area contributed by atoms with Crippen LogP contribution in [-0.4, -0.2) is 151 Å². The number of aryl methyl sites for hydroxylation is 1. The number of carbonyl (C=O) groups excluding carboxylic acids is 5. The van der Waals surface area contributed by atoms with E-state index >= 15 is 4.39 Å². The number of hydrogen-bond donors (Lipinski definition) is 5. The van der Waals surface area contributed by atoms with Crippen molar-refractivity contribution >= 4 is 52.1 Å². The third-order valence-electron chi connectivity index (χ3n) is 14.4. The number of likely N-dealkylation sites (tertiary alicyclic amines) is 1. The van der Waals surface area contributed by atoms with E-state index in [0.717, 1.165) is 27.8 Å². The van der Waals surface area contributed by atoms with Crippen LogP contribution in [0.5, 0.6) is 0 Å². The number of amides is 4. The smallest absolute Gasteiger partial charge is 0.391 e. The molecule has 18 nitrogen and oxygen atoms in total.